The lowest BCUT2D eigenvalue weighted by Gasteiger charge is -2.12. The molecule has 0 unspecified atom stereocenters. The molecule has 158 valence electrons. The average molecular weight is 477 g/mol. The number of anilines is 1. The summed E-state index contributed by atoms with van der Waals surface area (Å²) in [5, 5.41) is 8.79. The number of benzene rings is 2. The maximum absolute atomic E-state index is 12.5. The third kappa shape index (κ3) is 4.39. The van der Waals surface area contributed by atoms with Crippen LogP contribution in [-0.4, -0.2) is 20.7 Å². The fraction of sp³-hybridized carbons (Fsp3) is 0.240. The molecule has 2 aromatic heterocycles. The number of aryl methyl sites for hydroxylation is 4. The minimum absolute atomic E-state index is 0.00621. The SMILES string of the molecule is Cc1ccc(-n2nc(C)c3c(C)c(CCC(=O)Nc4ccc(Br)cc4)c(C)nc32)cc1. The molecular formula is C25H25BrN4O. The van der Waals surface area contributed by atoms with Crippen LogP contribution in [0, 0.1) is 27.7 Å². The van der Waals surface area contributed by atoms with Crippen LogP contribution in [0.3, 0.4) is 0 Å². The molecule has 0 saturated heterocycles. The molecule has 6 heteroatoms. The lowest BCUT2D eigenvalue weighted by atomic mass is 9.99. The zero-order valence-corrected chi connectivity index (χ0v) is 19.7. The predicted octanol–water partition coefficient (Wildman–Crippen LogP) is 5.99. The van der Waals surface area contributed by atoms with Gasteiger partial charge in [0.15, 0.2) is 5.65 Å². The highest BCUT2D eigenvalue weighted by Gasteiger charge is 2.18. The summed E-state index contributed by atoms with van der Waals surface area (Å²) in [5.41, 5.74) is 8.01. The molecule has 0 spiro atoms. The molecule has 4 rings (SSSR count). The second kappa shape index (κ2) is 8.63. The fourth-order valence-electron chi connectivity index (χ4n) is 3.94. The van der Waals surface area contributed by atoms with Crippen LogP contribution in [-0.2, 0) is 11.2 Å². The topological polar surface area (TPSA) is 59.8 Å². The zero-order chi connectivity index (χ0) is 22.1. The standard InChI is InChI=1S/C25H25BrN4O/c1-15-5-11-21(12-6-15)30-25-24(18(4)29-30)16(2)22(17(3)27-25)13-14-23(31)28-20-9-7-19(26)8-10-20/h5-12H,13-14H2,1-4H3,(H,28,31). The Morgan fingerprint density at radius 3 is 2.32 bits per heavy atom. The Labute approximate surface area is 190 Å². The number of fused-ring (bicyclic) bond motifs is 1. The normalized spacial score (nSPS) is 11.1. The fourth-order valence-corrected chi connectivity index (χ4v) is 4.20. The number of carbonyl (C=O) groups is 1. The number of halogens is 1. The molecule has 1 N–H and O–H groups in total. The minimum atomic E-state index is -0.00621. The van der Waals surface area contributed by atoms with E-state index in [1.807, 2.05) is 42.8 Å². The second-order valence-corrected chi connectivity index (χ2v) is 8.80. The van der Waals surface area contributed by atoms with E-state index in [1.54, 1.807) is 0 Å². The van der Waals surface area contributed by atoms with Crippen molar-refractivity contribution in [2.75, 3.05) is 5.32 Å². The molecule has 2 aromatic carbocycles. The summed E-state index contributed by atoms with van der Waals surface area (Å²) < 4.78 is 2.89. The van der Waals surface area contributed by atoms with Crippen LogP contribution < -0.4 is 5.32 Å². The Morgan fingerprint density at radius 1 is 0.968 bits per heavy atom. The summed E-state index contributed by atoms with van der Waals surface area (Å²) in [6.45, 7) is 8.20. The molecule has 0 radical (unpaired) electrons. The smallest absolute Gasteiger partial charge is 0.224 e. The Hall–Kier alpha value is -2.99. The quantitative estimate of drug-likeness (QED) is 0.384. The zero-order valence-electron chi connectivity index (χ0n) is 18.2. The van der Waals surface area contributed by atoms with Crippen molar-refractivity contribution in [2.24, 2.45) is 0 Å². The van der Waals surface area contributed by atoms with E-state index in [0.717, 1.165) is 49.4 Å². The van der Waals surface area contributed by atoms with Crippen molar-refractivity contribution in [3.05, 3.63) is 81.1 Å². The van der Waals surface area contributed by atoms with E-state index in [9.17, 15) is 4.79 Å². The van der Waals surface area contributed by atoms with Crippen molar-refractivity contribution in [3.63, 3.8) is 0 Å². The first-order valence-electron chi connectivity index (χ1n) is 10.3. The molecule has 4 aromatic rings. The monoisotopic (exact) mass is 476 g/mol. The Kier molecular flexibility index (Phi) is 5.92. The molecule has 0 bridgehead atoms. The summed E-state index contributed by atoms with van der Waals surface area (Å²) in [7, 11) is 0. The van der Waals surface area contributed by atoms with Crippen molar-refractivity contribution in [1.29, 1.82) is 0 Å². The molecule has 1 amide bonds. The highest BCUT2D eigenvalue weighted by Crippen LogP contribution is 2.28. The van der Waals surface area contributed by atoms with Gasteiger partial charge in [-0.25, -0.2) is 9.67 Å². The summed E-state index contributed by atoms with van der Waals surface area (Å²) in [4.78, 5) is 17.4. The van der Waals surface area contributed by atoms with Gasteiger partial charge < -0.3 is 5.32 Å². The molecule has 0 aliphatic heterocycles. The maximum Gasteiger partial charge on any atom is 0.224 e. The van der Waals surface area contributed by atoms with E-state index in [4.69, 9.17) is 10.1 Å². The molecule has 0 aliphatic rings. The number of amides is 1. The minimum Gasteiger partial charge on any atom is -0.326 e. The van der Waals surface area contributed by atoms with Crippen LogP contribution in [0.5, 0.6) is 0 Å². The van der Waals surface area contributed by atoms with Crippen LogP contribution in [0.1, 0.15) is 34.5 Å². The maximum atomic E-state index is 12.5. The first-order chi connectivity index (χ1) is 14.8. The van der Waals surface area contributed by atoms with E-state index >= 15 is 0 Å². The molecule has 31 heavy (non-hydrogen) atoms. The van der Waals surface area contributed by atoms with Crippen molar-refractivity contribution in [3.8, 4) is 5.69 Å². The van der Waals surface area contributed by atoms with Crippen LogP contribution in [0.15, 0.2) is 53.0 Å². The molecule has 2 heterocycles. The van der Waals surface area contributed by atoms with Gasteiger partial charge in [0, 0.05) is 27.7 Å². The second-order valence-electron chi connectivity index (χ2n) is 7.89. The van der Waals surface area contributed by atoms with E-state index in [1.165, 1.54) is 5.56 Å². The highest BCUT2D eigenvalue weighted by molar-refractivity contribution is 9.10. The van der Waals surface area contributed by atoms with Gasteiger partial charge in [-0.15, -0.1) is 0 Å². The van der Waals surface area contributed by atoms with Gasteiger partial charge in [-0.2, -0.15) is 5.10 Å². The Morgan fingerprint density at radius 2 is 1.65 bits per heavy atom. The van der Waals surface area contributed by atoms with Crippen molar-refractivity contribution < 1.29 is 4.79 Å². The Bertz CT molecular complexity index is 1260. The van der Waals surface area contributed by atoms with Gasteiger partial charge in [0.1, 0.15) is 0 Å². The van der Waals surface area contributed by atoms with Crippen LogP contribution >= 0.6 is 15.9 Å². The summed E-state index contributed by atoms with van der Waals surface area (Å²) >= 11 is 3.41. The van der Waals surface area contributed by atoms with Gasteiger partial charge in [-0.05, 0) is 81.6 Å². The van der Waals surface area contributed by atoms with Crippen molar-refractivity contribution >= 4 is 38.6 Å². The van der Waals surface area contributed by atoms with Crippen molar-refractivity contribution in [1.82, 2.24) is 14.8 Å². The lowest BCUT2D eigenvalue weighted by molar-refractivity contribution is -0.116. The highest BCUT2D eigenvalue weighted by atomic mass is 79.9. The van der Waals surface area contributed by atoms with E-state index in [0.29, 0.717) is 12.8 Å². The summed E-state index contributed by atoms with van der Waals surface area (Å²) in [6.07, 6.45) is 1.04. The number of rotatable bonds is 5. The largest absolute Gasteiger partial charge is 0.326 e. The summed E-state index contributed by atoms with van der Waals surface area (Å²) in [6, 6.07) is 15.9. The molecule has 5 nitrogen and oxygen atoms in total. The molecule has 0 aliphatic carbocycles. The lowest BCUT2D eigenvalue weighted by Crippen LogP contribution is -2.13. The molecule has 0 saturated carbocycles. The van der Waals surface area contributed by atoms with Crippen molar-refractivity contribution in [2.45, 2.75) is 40.5 Å². The number of aromatic nitrogens is 3. The summed E-state index contributed by atoms with van der Waals surface area (Å²) in [5.74, 6) is -0.00621. The number of pyridine rings is 1. The van der Waals surface area contributed by atoms with Gasteiger partial charge in [0.25, 0.3) is 0 Å². The van der Waals surface area contributed by atoms with Gasteiger partial charge >= 0.3 is 0 Å². The number of hydrogen-bond acceptors (Lipinski definition) is 3. The van der Waals surface area contributed by atoms with E-state index in [2.05, 4.69) is 59.4 Å². The van der Waals surface area contributed by atoms with Gasteiger partial charge in [-0.3, -0.25) is 4.79 Å². The number of nitrogens with zero attached hydrogens (tertiary/aromatic N) is 3. The third-order valence-electron chi connectivity index (χ3n) is 5.58. The van der Waals surface area contributed by atoms with Crippen LogP contribution in [0.4, 0.5) is 5.69 Å². The molecular weight excluding hydrogens is 452 g/mol. The van der Waals surface area contributed by atoms with Gasteiger partial charge in [0.05, 0.1) is 11.4 Å². The molecule has 0 fully saturated rings. The number of carbonyl (C=O) groups excluding carboxylic acids is 1. The number of nitrogens with one attached hydrogen (secondary N) is 1. The Balaban J connectivity index is 1.60. The van der Waals surface area contributed by atoms with Gasteiger partial charge in [-0.1, -0.05) is 33.6 Å². The van der Waals surface area contributed by atoms with E-state index < -0.39 is 0 Å². The van der Waals surface area contributed by atoms with Crippen LogP contribution in [0.2, 0.25) is 0 Å². The predicted molar refractivity (Wildman–Crippen MR) is 129 cm³/mol. The average Bonchev–Trinajstić information content (AvgIpc) is 3.06. The number of hydrogen-bond donors (Lipinski definition) is 1. The van der Waals surface area contributed by atoms with Crippen LogP contribution in [0.25, 0.3) is 16.7 Å². The third-order valence-corrected chi connectivity index (χ3v) is 6.11. The van der Waals surface area contributed by atoms with Gasteiger partial charge in [0.2, 0.25) is 5.91 Å². The first kappa shape index (κ1) is 21.2. The first-order valence-corrected chi connectivity index (χ1v) is 11.1. The molecule has 0 atom stereocenters. The van der Waals surface area contributed by atoms with E-state index in [-0.39, 0.29) is 5.91 Å².